The normalized spacial score (nSPS) is 9.79. The zero-order valence-electron chi connectivity index (χ0n) is 10.1. The van der Waals surface area contributed by atoms with Gasteiger partial charge in [0.25, 0.3) is 5.91 Å². The Morgan fingerprint density at radius 1 is 1.16 bits per heavy atom. The predicted octanol–water partition coefficient (Wildman–Crippen LogP) is 1.52. The summed E-state index contributed by atoms with van der Waals surface area (Å²) in [5.41, 5.74) is 0.353. The van der Waals surface area contributed by atoms with Crippen LogP contribution in [0.2, 0.25) is 0 Å². The molecule has 7 heteroatoms. The number of benzene rings is 1. The number of carbonyl (C=O) groups is 2. The molecule has 1 aromatic rings. The number of alkyl halides is 1. The maximum atomic E-state index is 12.6. The fraction of sp³-hybridized carbons (Fsp3) is 0.333. The Hall–Kier alpha value is -1.82. The number of hydrogen-bond acceptors (Lipinski definition) is 3. The SMILES string of the molecule is O=C(NCCNC(=O)c1ccc(F)cc1)OCCCl. The average molecular weight is 289 g/mol. The molecule has 0 saturated heterocycles. The topological polar surface area (TPSA) is 67.4 Å². The van der Waals surface area contributed by atoms with Gasteiger partial charge >= 0.3 is 6.09 Å². The van der Waals surface area contributed by atoms with Crippen LogP contribution in [0.1, 0.15) is 10.4 Å². The van der Waals surface area contributed by atoms with Crippen molar-refractivity contribution in [2.75, 3.05) is 25.6 Å². The van der Waals surface area contributed by atoms with E-state index in [-0.39, 0.29) is 31.5 Å². The van der Waals surface area contributed by atoms with Gasteiger partial charge in [0, 0.05) is 18.7 Å². The van der Waals surface area contributed by atoms with Crippen LogP contribution >= 0.6 is 11.6 Å². The Bertz CT molecular complexity index is 425. The van der Waals surface area contributed by atoms with Crippen LogP contribution in [-0.4, -0.2) is 37.6 Å². The second-order valence-corrected chi connectivity index (χ2v) is 3.89. The van der Waals surface area contributed by atoms with Crippen molar-refractivity contribution in [3.63, 3.8) is 0 Å². The van der Waals surface area contributed by atoms with Gasteiger partial charge < -0.3 is 15.4 Å². The minimum absolute atomic E-state index is 0.134. The van der Waals surface area contributed by atoms with Crippen molar-refractivity contribution in [1.82, 2.24) is 10.6 Å². The summed E-state index contributed by atoms with van der Waals surface area (Å²) in [6.07, 6.45) is -0.586. The first-order valence-corrected chi connectivity index (χ1v) is 6.17. The van der Waals surface area contributed by atoms with Crippen LogP contribution in [-0.2, 0) is 4.74 Å². The number of amides is 2. The summed E-state index contributed by atoms with van der Waals surface area (Å²) in [7, 11) is 0. The molecule has 0 aliphatic heterocycles. The fourth-order valence-corrected chi connectivity index (χ4v) is 1.30. The van der Waals surface area contributed by atoms with Crippen molar-refractivity contribution in [2.45, 2.75) is 0 Å². The van der Waals surface area contributed by atoms with Gasteiger partial charge in [-0.1, -0.05) is 0 Å². The molecule has 5 nitrogen and oxygen atoms in total. The van der Waals surface area contributed by atoms with Gasteiger partial charge in [-0.15, -0.1) is 11.6 Å². The van der Waals surface area contributed by atoms with Gasteiger partial charge in [0.1, 0.15) is 12.4 Å². The molecule has 0 spiro atoms. The third-order valence-corrected chi connectivity index (χ3v) is 2.25. The molecule has 2 amide bonds. The lowest BCUT2D eigenvalue weighted by atomic mass is 10.2. The predicted molar refractivity (Wildman–Crippen MR) is 68.8 cm³/mol. The third-order valence-electron chi connectivity index (χ3n) is 2.10. The molecule has 1 aromatic carbocycles. The lowest BCUT2D eigenvalue weighted by molar-refractivity contribution is 0.0952. The minimum atomic E-state index is -0.586. The van der Waals surface area contributed by atoms with Crippen LogP contribution in [0.25, 0.3) is 0 Å². The van der Waals surface area contributed by atoms with E-state index in [1.165, 1.54) is 24.3 Å². The first kappa shape index (κ1) is 15.2. The molecule has 1 rings (SSSR count). The van der Waals surface area contributed by atoms with Gasteiger partial charge in [0.2, 0.25) is 0 Å². The standard InChI is InChI=1S/C12H14ClFN2O3/c13-5-8-19-12(18)16-7-6-15-11(17)9-1-3-10(14)4-2-9/h1-4H,5-8H2,(H,15,17)(H,16,18). The number of halogens is 2. The molecule has 0 unspecified atom stereocenters. The summed E-state index contributed by atoms with van der Waals surface area (Å²) in [6.45, 7) is 0.607. The van der Waals surface area contributed by atoms with Gasteiger partial charge in [0.05, 0.1) is 5.88 Å². The molecule has 0 heterocycles. The molecular weight excluding hydrogens is 275 g/mol. The van der Waals surface area contributed by atoms with Crippen LogP contribution < -0.4 is 10.6 Å². The number of hydrogen-bond donors (Lipinski definition) is 2. The summed E-state index contributed by atoms with van der Waals surface area (Å²) in [6, 6.07) is 5.17. The summed E-state index contributed by atoms with van der Waals surface area (Å²) >= 11 is 5.34. The van der Waals surface area contributed by atoms with E-state index in [1.54, 1.807) is 0 Å². The van der Waals surface area contributed by atoms with Crippen LogP contribution in [0, 0.1) is 5.82 Å². The zero-order valence-corrected chi connectivity index (χ0v) is 10.9. The highest BCUT2D eigenvalue weighted by Crippen LogP contribution is 2.01. The van der Waals surface area contributed by atoms with Crippen LogP contribution in [0.3, 0.4) is 0 Å². The van der Waals surface area contributed by atoms with E-state index in [0.29, 0.717) is 5.56 Å². The molecule has 0 aliphatic carbocycles. The lowest BCUT2D eigenvalue weighted by Crippen LogP contribution is -2.35. The number of rotatable bonds is 6. The molecule has 0 radical (unpaired) electrons. The van der Waals surface area contributed by atoms with Crippen molar-refractivity contribution in [2.24, 2.45) is 0 Å². The van der Waals surface area contributed by atoms with Gasteiger partial charge in [0.15, 0.2) is 0 Å². The highest BCUT2D eigenvalue weighted by molar-refractivity contribution is 6.18. The molecule has 0 fully saturated rings. The molecular formula is C12H14ClFN2O3. The van der Waals surface area contributed by atoms with Gasteiger partial charge in [-0.05, 0) is 24.3 Å². The lowest BCUT2D eigenvalue weighted by Gasteiger charge is -2.07. The van der Waals surface area contributed by atoms with Gasteiger partial charge in [-0.3, -0.25) is 4.79 Å². The van der Waals surface area contributed by atoms with E-state index in [0.717, 1.165) is 0 Å². The average Bonchev–Trinajstić information content (AvgIpc) is 2.41. The highest BCUT2D eigenvalue weighted by Gasteiger charge is 2.05. The quantitative estimate of drug-likeness (QED) is 0.616. The van der Waals surface area contributed by atoms with E-state index < -0.39 is 11.9 Å². The zero-order chi connectivity index (χ0) is 14.1. The minimum Gasteiger partial charge on any atom is -0.448 e. The Labute approximate surface area is 115 Å². The molecule has 0 saturated carbocycles. The first-order valence-electron chi connectivity index (χ1n) is 5.64. The summed E-state index contributed by atoms with van der Waals surface area (Å²) < 4.78 is 17.3. The molecule has 0 atom stereocenters. The highest BCUT2D eigenvalue weighted by atomic mass is 35.5. The second-order valence-electron chi connectivity index (χ2n) is 3.51. The van der Waals surface area contributed by atoms with Crippen molar-refractivity contribution in [3.05, 3.63) is 35.6 Å². The summed E-state index contributed by atoms with van der Waals surface area (Å²) in [4.78, 5) is 22.6. The van der Waals surface area contributed by atoms with Gasteiger partial charge in [-0.25, -0.2) is 9.18 Å². The van der Waals surface area contributed by atoms with E-state index in [9.17, 15) is 14.0 Å². The van der Waals surface area contributed by atoms with E-state index in [1.807, 2.05) is 0 Å². The Morgan fingerprint density at radius 3 is 2.42 bits per heavy atom. The number of ether oxygens (including phenoxy) is 1. The smallest absolute Gasteiger partial charge is 0.407 e. The van der Waals surface area contributed by atoms with Crippen molar-refractivity contribution in [3.8, 4) is 0 Å². The van der Waals surface area contributed by atoms with E-state index in [2.05, 4.69) is 15.4 Å². The molecule has 19 heavy (non-hydrogen) atoms. The maximum Gasteiger partial charge on any atom is 0.407 e. The molecule has 104 valence electrons. The van der Waals surface area contributed by atoms with Crippen molar-refractivity contribution in [1.29, 1.82) is 0 Å². The maximum absolute atomic E-state index is 12.6. The van der Waals surface area contributed by atoms with Crippen molar-refractivity contribution < 1.29 is 18.7 Å². The molecule has 0 aromatic heterocycles. The third kappa shape index (κ3) is 6.05. The van der Waals surface area contributed by atoms with Crippen LogP contribution in [0.15, 0.2) is 24.3 Å². The van der Waals surface area contributed by atoms with Gasteiger partial charge in [-0.2, -0.15) is 0 Å². The number of nitrogens with one attached hydrogen (secondary N) is 2. The Morgan fingerprint density at radius 2 is 1.79 bits per heavy atom. The molecule has 0 bridgehead atoms. The monoisotopic (exact) mass is 288 g/mol. The van der Waals surface area contributed by atoms with Crippen molar-refractivity contribution >= 4 is 23.6 Å². The van der Waals surface area contributed by atoms with E-state index in [4.69, 9.17) is 11.6 Å². The number of alkyl carbamates (subject to hydrolysis) is 1. The number of carbonyl (C=O) groups excluding carboxylic acids is 2. The fourth-order valence-electron chi connectivity index (χ4n) is 1.23. The Balaban J connectivity index is 2.20. The first-order chi connectivity index (χ1) is 9.13. The second kappa shape index (κ2) is 8.31. The Kier molecular flexibility index (Phi) is 6.67. The molecule has 2 N–H and O–H groups in total. The largest absolute Gasteiger partial charge is 0.448 e. The van der Waals surface area contributed by atoms with Crippen LogP contribution in [0.5, 0.6) is 0 Å². The van der Waals surface area contributed by atoms with Crippen LogP contribution in [0.4, 0.5) is 9.18 Å². The summed E-state index contributed by atoms with van der Waals surface area (Å²) in [5.74, 6) is -0.509. The van der Waals surface area contributed by atoms with E-state index >= 15 is 0 Å². The molecule has 0 aliphatic rings. The summed E-state index contributed by atoms with van der Waals surface area (Å²) in [5, 5.41) is 5.01.